The molecule has 3 rings (SSSR count). The second kappa shape index (κ2) is 5.33. The first-order valence-corrected chi connectivity index (χ1v) is 6.67. The third-order valence-electron chi connectivity index (χ3n) is 3.21. The molecule has 0 bridgehead atoms. The highest BCUT2D eigenvalue weighted by atomic mass is 35.5. The number of halogens is 1. The summed E-state index contributed by atoms with van der Waals surface area (Å²) in [5.74, 6) is 0. The van der Waals surface area contributed by atoms with Crippen molar-refractivity contribution in [3.05, 3.63) is 77.3 Å². The van der Waals surface area contributed by atoms with Crippen molar-refractivity contribution in [1.29, 1.82) is 0 Å². The molecule has 94 valence electrons. The molecular formula is C17H14ClN. The fourth-order valence-corrected chi connectivity index (χ4v) is 2.34. The standard InChI is InChI=1S/C17H14ClN/c18-15-8-10-16(11-9-15)19-12-14-6-3-5-13-4-1-2-7-17(13)14/h1-11,19H,12H2. The highest BCUT2D eigenvalue weighted by Gasteiger charge is 2.00. The van der Waals surface area contributed by atoms with Crippen LogP contribution in [0, 0.1) is 0 Å². The van der Waals surface area contributed by atoms with E-state index in [1.54, 1.807) is 0 Å². The van der Waals surface area contributed by atoms with Crippen LogP contribution in [-0.2, 0) is 6.54 Å². The zero-order valence-corrected chi connectivity index (χ0v) is 11.2. The molecule has 0 aromatic heterocycles. The lowest BCUT2D eigenvalue weighted by molar-refractivity contribution is 1.17. The Kier molecular flexibility index (Phi) is 3.39. The summed E-state index contributed by atoms with van der Waals surface area (Å²) < 4.78 is 0. The maximum atomic E-state index is 5.88. The molecule has 0 saturated carbocycles. The molecule has 0 amide bonds. The Bertz CT molecular complexity index is 684. The number of benzene rings is 3. The van der Waals surface area contributed by atoms with Gasteiger partial charge < -0.3 is 5.32 Å². The van der Waals surface area contributed by atoms with Crippen LogP contribution in [0.1, 0.15) is 5.56 Å². The van der Waals surface area contributed by atoms with Crippen molar-refractivity contribution in [2.75, 3.05) is 5.32 Å². The molecule has 3 aromatic carbocycles. The Hall–Kier alpha value is -1.99. The summed E-state index contributed by atoms with van der Waals surface area (Å²) in [6, 6.07) is 22.6. The summed E-state index contributed by atoms with van der Waals surface area (Å²) in [6.07, 6.45) is 0. The number of rotatable bonds is 3. The molecule has 0 radical (unpaired) electrons. The molecule has 0 fully saturated rings. The fraction of sp³-hybridized carbons (Fsp3) is 0.0588. The number of hydrogen-bond acceptors (Lipinski definition) is 1. The first kappa shape index (κ1) is 12.1. The normalized spacial score (nSPS) is 10.6. The summed E-state index contributed by atoms with van der Waals surface area (Å²) in [7, 11) is 0. The van der Waals surface area contributed by atoms with Gasteiger partial charge in [-0.3, -0.25) is 0 Å². The van der Waals surface area contributed by atoms with Gasteiger partial charge in [0.25, 0.3) is 0 Å². The van der Waals surface area contributed by atoms with Gasteiger partial charge in [0.05, 0.1) is 0 Å². The van der Waals surface area contributed by atoms with Crippen molar-refractivity contribution < 1.29 is 0 Å². The van der Waals surface area contributed by atoms with Crippen LogP contribution in [0.3, 0.4) is 0 Å². The summed E-state index contributed by atoms with van der Waals surface area (Å²) >= 11 is 5.88. The van der Waals surface area contributed by atoms with Gasteiger partial charge in [0, 0.05) is 17.3 Å². The zero-order chi connectivity index (χ0) is 13.1. The van der Waals surface area contributed by atoms with Gasteiger partial charge in [-0.1, -0.05) is 54.1 Å². The van der Waals surface area contributed by atoms with E-state index in [2.05, 4.69) is 47.8 Å². The third-order valence-corrected chi connectivity index (χ3v) is 3.46. The largest absolute Gasteiger partial charge is 0.381 e. The summed E-state index contributed by atoms with van der Waals surface area (Å²) in [4.78, 5) is 0. The minimum atomic E-state index is 0.760. The monoisotopic (exact) mass is 267 g/mol. The van der Waals surface area contributed by atoms with Crippen LogP contribution in [0.25, 0.3) is 10.8 Å². The smallest absolute Gasteiger partial charge is 0.0407 e. The molecule has 0 aliphatic carbocycles. The van der Waals surface area contributed by atoms with E-state index in [0.29, 0.717) is 0 Å². The van der Waals surface area contributed by atoms with Crippen LogP contribution in [0.15, 0.2) is 66.7 Å². The summed E-state index contributed by atoms with van der Waals surface area (Å²) in [6.45, 7) is 0.809. The van der Waals surface area contributed by atoms with Gasteiger partial charge in [0.15, 0.2) is 0 Å². The SMILES string of the molecule is Clc1ccc(NCc2cccc3ccccc23)cc1. The topological polar surface area (TPSA) is 12.0 Å². The molecule has 19 heavy (non-hydrogen) atoms. The average molecular weight is 268 g/mol. The van der Waals surface area contributed by atoms with Crippen molar-refractivity contribution >= 4 is 28.1 Å². The van der Waals surface area contributed by atoms with E-state index < -0.39 is 0 Å². The van der Waals surface area contributed by atoms with Crippen LogP contribution in [0.2, 0.25) is 5.02 Å². The molecule has 2 heteroatoms. The quantitative estimate of drug-likeness (QED) is 0.696. The van der Waals surface area contributed by atoms with Crippen LogP contribution in [0.5, 0.6) is 0 Å². The zero-order valence-electron chi connectivity index (χ0n) is 10.4. The molecule has 0 aliphatic rings. The van der Waals surface area contributed by atoms with Gasteiger partial charge in [-0.2, -0.15) is 0 Å². The number of hydrogen-bond donors (Lipinski definition) is 1. The number of nitrogens with one attached hydrogen (secondary N) is 1. The third kappa shape index (κ3) is 2.72. The molecule has 1 N–H and O–H groups in total. The molecule has 0 aliphatic heterocycles. The maximum absolute atomic E-state index is 5.88. The first-order valence-electron chi connectivity index (χ1n) is 6.29. The van der Waals surface area contributed by atoms with Crippen molar-refractivity contribution in [2.45, 2.75) is 6.54 Å². The Balaban J connectivity index is 1.84. The number of anilines is 1. The second-order valence-electron chi connectivity index (χ2n) is 4.50. The average Bonchev–Trinajstić information content (AvgIpc) is 2.47. The summed E-state index contributed by atoms with van der Waals surface area (Å²) in [5, 5.41) is 6.76. The van der Waals surface area contributed by atoms with Crippen LogP contribution in [0.4, 0.5) is 5.69 Å². The Morgan fingerprint density at radius 1 is 0.789 bits per heavy atom. The fourth-order valence-electron chi connectivity index (χ4n) is 2.21. The minimum absolute atomic E-state index is 0.760. The van der Waals surface area contributed by atoms with E-state index >= 15 is 0 Å². The maximum Gasteiger partial charge on any atom is 0.0407 e. The lowest BCUT2D eigenvalue weighted by atomic mass is 10.0. The highest BCUT2D eigenvalue weighted by molar-refractivity contribution is 6.30. The predicted octanol–water partition coefficient (Wildman–Crippen LogP) is 5.11. The predicted molar refractivity (Wildman–Crippen MR) is 82.7 cm³/mol. The molecule has 1 nitrogen and oxygen atoms in total. The van der Waals surface area contributed by atoms with Crippen LogP contribution >= 0.6 is 11.6 Å². The highest BCUT2D eigenvalue weighted by Crippen LogP contribution is 2.20. The van der Waals surface area contributed by atoms with Crippen molar-refractivity contribution in [3.8, 4) is 0 Å². The molecule has 3 aromatic rings. The van der Waals surface area contributed by atoms with Crippen molar-refractivity contribution in [2.24, 2.45) is 0 Å². The molecule has 0 unspecified atom stereocenters. The van der Waals surface area contributed by atoms with E-state index in [1.165, 1.54) is 16.3 Å². The van der Waals surface area contributed by atoms with Crippen molar-refractivity contribution in [3.63, 3.8) is 0 Å². The van der Waals surface area contributed by atoms with Crippen LogP contribution in [-0.4, -0.2) is 0 Å². The van der Waals surface area contributed by atoms with E-state index in [0.717, 1.165) is 17.3 Å². The molecule has 0 saturated heterocycles. The van der Waals surface area contributed by atoms with E-state index in [1.807, 2.05) is 24.3 Å². The van der Waals surface area contributed by atoms with Gasteiger partial charge in [0.2, 0.25) is 0 Å². The van der Waals surface area contributed by atoms with Gasteiger partial charge in [-0.05, 0) is 40.6 Å². The van der Waals surface area contributed by atoms with Crippen LogP contribution < -0.4 is 5.32 Å². The van der Waals surface area contributed by atoms with Gasteiger partial charge >= 0.3 is 0 Å². The molecular weight excluding hydrogens is 254 g/mol. The molecule has 0 heterocycles. The van der Waals surface area contributed by atoms with Gasteiger partial charge in [-0.25, -0.2) is 0 Å². The lowest BCUT2D eigenvalue weighted by Crippen LogP contribution is -1.99. The first-order chi connectivity index (χ1) is 9.33. The molecule has 0 spiro atoms. The van der Waals surface area contributed by atoms with Gasteiger partial charge in [-0.15, -0.1) is 0 Å². The van der Waals surface area contributed by atoms with E-state index in [4.69, 9.17) is 11.6 Å². The Labute approximate surface area is 117 Å². The minimum Gasteiger partial charge on any atom is -0.381 e. The molecule has 0 atom stereocenters. The Morgan fingerprint density at radius 2 is 1.53 bits per heavy atom. The van der Waals surface area contributed by atoms with Gasteiger partial charge in [0.1, 0.15) is 0 Å². The van der Waals surface area contributed by atoms with E-state index in [9.17, 15) is 0 Å². The van der Waals surface area contributed by atoms with E-state index in [-0.39, 0.29) is 0 Å². The lowest BCUT2D eigenvalue weighted by Gasteiger charge is -2.09. The van der Waals surface area contributed by atoms with Crippen molar-refractivity contribution in [1.82, 2.24) is 0 Å². The Morgan fingerprint density at radius 3 is 2.37 bits per heavy atom. The number of fused-ring (bicyclic) bond motifs is 1. The second-order valence-corrected chi connectivity index (χ2v) is 4.94. The summed E-state index contributed by atoms with van der Waals surface area (Å²) in [5.41, 5.74) is 2.38.